The van der Waals surface area contributed by atoms with E-state index in [9.17, 15) is 9.90 Å². The number of carboxylic acids is 1. The molecule has 0 aromatic heterocycles. The summed E-state index contributed by atoms with van der Waals surface area (Å²) in [4.78, 5) is 14.3. The van der Waals surface area contributed by atoms with Crippen molar-refractivity contribution in [3.63, 3.8) is 0 Å². The van der Waals surface area contributed by atoms with Gasteiger partial charge in [-0.25, -0.2) is 0 Å². The van der Waals surface area contributed by atoms with Gasteiger partial charge in [0.25, 0.3) is 0 Å². The minimum absolute atomic E-state index is 0.122. The predicted octanol–water partition coefficient (Wildman–Crippen LogP) is 2.40. The van der Waals surface area contributed by atoms with E-state index in [1.54, 1.807) is 0 Å². The molecule has 2 bridgehead atoms. The monoisotopic (exact) mass is 348 g/mol. The maximum absolute atomic E-state index is 11.7. The Hall–Kier alpha value is -0.650. The second kappa shape index (κ2) is 5.67. The smallest absolute Gasteiger partial charge is 0.309 e. The van der Waals surface area contributed by atoms with Gasteiger partial charge in [-0.1, -0.05) is 0 Å². The summed E-state index contributed by atoms with van der Waals surface area (Å²) >= 11 is 0. The first-order valence-electron chi connectivity index (χ1n) is 10.4. The largest absolute Gasteiger partial charge is 0.481 e. The van der Waals surface area contributed by atoms with Crippen LogP contribution in [0.5, 0.6) is 0 Å². The van der Waals surface area contributed by atoms with Crippen molar-refractivity contribution < 1.29 is 14.6 Å². The number of likely N-dealkylation sites (tertiary alicyclic amines) is 1. The molecule has 3 saturated carbocycles. The molecule has 3 aliphatic carbocycles. The molecule has 0 aromatic carbocycles. The Bertz CT molecular complexity index is 543. The quantitative estimate of drug-likeness (QED) is 0.799. The number of aliphatic carboxylic acids is 1. The first-order chi connectivity index (χ1) is 12.0. The number of nitrogens with one attached hydrogen (secondary N) is 1. The van der Waals surface area contributed by atoms with Crippen molar-refractivity contribution in [2.75, 3.05) is 26.2 Å². The highest BCUT2D eigenvalue weighted by molar-refractivity contribution is 5.76. The van der Waals surface area contributed by atoms with Crippen molar-refractivity contribution in [3.05, 3.63) is 0 Å². The molecule has 1 unspecified atom stereocenters. The first kappa shape index (κ1) is 16.5. The number of hydrogen-bond acceptors (Lipinski definition) is 4. The number of rotatable bonds is 5. The van der Waals surface area contributed by atoms with E-state index in [0.717, 1.165) is 77.2 Å². The van der Waals surface area contributed by atoms with Gasteiger partial charge in [0.05, 0.1) is 17.6 Å². The van der Waals surface area contributed by atoms with Gasteiger partial charge in [-0.3, -0.25) is 4.79 Å². The Balaban J connectivity index is 1.15. The van der Waals surface area contributed by atoms with Gasteiger partial charge in [0.15, 0.2) is 0 Å². The van der Waals surface area contributed by atoms with Crippen LogP contribution in [-0.2, 0) is 9.53 Å². The summed E-state index contributed by atoms with van der Waals surface area (Å²) in [5.74, 6) is -0.543. The van der Waals surface area contributed by atoms with E-state index in [1.165, 1.54) is 19.3 Å². The molecule has 2 saturated heterocycles. The van der Waals surface area contributed by atoms with Crippen LogP contribution in [0, 0.1) is 10.8 Å². The standard InChI is InChI=1S/C20H32N2O3/c23-17(24)19-5-3-18(13-19,4-6-19)14-22-9-7-20(8-10-22)11-16(12-25-20)21-15-1-2-15/h15-16,21H,1-14H2,(H,23,24). The van der Waals surface area contributed by atoms with Gasteiger partial charge >= 0.3 is 5.97 Å². The van der Waals surface area contributed by atoms with E-state index in [2.05, 4.69) is 10.2 Å². The normalized spacial score (nSPS) is 43.1. The summed E-state index contributed by atoms with van der Waals surface area (Å²) in [6.07, 6.45) is 11.1. The fraction of sp³-hybridized carbons (Fsp3) is 0.950. The van der Waals surface area contributed by atoms with Crippen molar-refractivity contribution in [1.82, 2.24) is 10.2 Å². The van der Waals surface area contributed by atoms with Gasteiger partial charge in [-0.05, 0) is 69.6 Å². The molecular weight excluding hydrogens is 316 g/mol. The fourth-order valence-corrected chi connectivity index (χ4v) is 6.31. The Labute approximate surface area is 150 Å². The Morgan fingerprint density at radius 3 is 2.40 bits per heavy atom. The van der Waals surface area contributed by atoms with Crippen LogP contribution in [0.1, 0.15) is 64.2 Å². The Morgan fingerprint density at radius 1 is 1.08 bits per heavy atom. The third-order valence-electron chi connectivity index (χ3n) is 8.02. The summed E-state index contributed by atoms with van der Waals surface area (Å²) in [6.45, 7) is 4.25. The minimum Gasteiger partial charge on any atom is -0.481 e. The predicted molar refractivity (Wildman–Crippen MR) is 94.5 cm³/mol. The van der Waals surface area contributed by atoms with Gasteiger partial charge in [0.2, 0.25) is 0 Å². The zero-order chi connectivity index (χ0) is 17.1. The molecule has 5 fully saturated rings. The van der Waals surface area contributed by atoms with Crippen LogP contribution in [0.4, 0.5) is 0 Å². The molecule has 1 atom stereocenters. The van der Waals surface area contributed by atoms with Crippen LogP contribution in [0.3, 0.4) is 0 Å². The van der Waals surface area contributed by atoms with Crippen LogP contribution in [0.2, 0.25) is 0 Å². The molecule has 5 nitrogen and oxygen atoms in total. The van der Waals surface area contributed by atoms with Gasteiger partial charge in [0.1, 0.15) is 0 Å². The molecule has 1 spiro atoms. The molecule has 140 valence electrons. The van der Waals surface area contributed by atoms with Crippen molar-refractivity contribution in [2.24, 2.45) is 10.8 Å². The lowest BCUT2D eigenvalue weighted by Gasteiger charge is -2.42. The third kappa shape index (κ3) is 2.92. The highest BCUT2D eigenvalue weighted by Gasteiger charge is 2.58. The van der Waals surface area contributed by atoms with E-state index in [1.807, 2.05) is 0 Å². The summed E-state index contributed by atoms with van der Waals surface area (Å²) < 4.78 is 6.28. The molecule has 0 radical (unpaired) electrons. The molecule has 25 heavy (non-hydrogen) atoms. The highest BCUT2D eigenvalue weighted by Crippen LogP contribution is 2.62. The number of piperidine rings is 1. The van der Waals surface area contributed by atoms with Crippen LogP contribution in [-0.4, -0.2) is 59.9 Å². The first-order valence-corrected chi connectivity index (χ1v) is 10.4. The molecule has 2 aliphatic heterocycles. The van der Waals surface area contributed by atoms with E-state index in [0.29, 0.717) is 6.04 Å². The molecular formula is C20H32N2O3. The number of fused-ring (bicyclic) bond motifs is 2. The van der Waals surface area contributed by atoms with E-state index in [-0.39, 0.29) is 16.4 Å². The average molecular weight is 348 g/mol. The van der Waals surface area contributed by atoms with E-state index >= 15 is 0 Å². The molecule has 5 heteroatoms. The lowest BCUT2D eigenvalue weighted by Crippen LogP contribution is -2.47. The van der Waals surface area contributed by atoms with Crippen molar-refractivity contribution >= 4 is 5.97 Å². The van der Waals surface area contributed by atoms with Crippen LogP contribution >= 0.6 is 0 Å². The Kier molecular flexibility index (Phi) is 3.75. The lowest BCUT2D eigenvalue weighted by atomic mass is 9.81. The average Bonchev–Trinajstić information content (AvgIpc) is 3.06. The van der Waals surface area contributed by atoms with Crippen molar-refractivity contribution in [2.45, 2.75) is 81.9 Å². The molecule has 2 N–H and O–H groups in total. The highest BCUT2D eigenvalue weighted by atomic mass is 16.5. The zero-order valence-electron chi connectivity index (χ0n) is 15.3. The van der Waals surface area contributed by atoms with Crippen LogP contribution in [0.15, 0.2) is 0 Å². The molecule has 0 aromatic rings. The summed E-state index contributed by atoms with van der Waals surface area (Å²) in [6, 6.07) is 1.33. The molecule has 2 heterocycles. The second-order valence-corrected chi connectivity index (χ2v) is 9.87. The SMILES string of the molecule is O=C(O)C12CCC(CN3CCC4(CC3)CC(NC3CC3)CO4)(CC1)C2. The summed E-state index contributed by atoms with van der Waals surface area (Å²) in [7, 11) is 0. The maximum atomic E-state index is 11.7. The number of ether oxygens (including phenoxy) is 1. The number of nitrogens with zero attached hydrogens (tertiary/aromatic N) is 1. The van der Waals surface area contributed by atoms with Crippen LogP contribution in [0.25, 0.3) is 0 Å². The molecule has 0 amide bonds. The van der Waals surface area contributed by atoms with Gasteiger partial charge in [0, 0.05) is 31.7 Å². The third-order valence-corrected chi connectivity index (χ3v) is 8.02. The Morgan fingerprint density at radius 2 is 1.80 bits per heavy atom. The zero-order valence-corrected chi connectivity index (χ0v) is 15.3. The summed E-state index contributed by atoms with van der Waals surface area (Å²) in [5, 5.41) is 13.3. The molecule has 5 aliphatic rings. The van der Waals surface area contributed by atoms with Crippen molar-refractivity contribution in [3.8, 4) is 0 Å². The van der Waals surface area contributed by atoms with Gasteiger partial charge in [-0.2, -0.15) is 0 Å². The maximum Gasteiger partial charge on any atom is 0.309 e. The van der Waals surface area contributed by atoms with E-state index in [4.69, 9.17) is 4.74 Å². The van der Waals surface area contributed by atoms with Crippen LogP contribution < -0.4 is 5.32 Å². The second-order valence-electron chi connectivity index (χ2n) is 9.87. The number of carboxylic acid groups (broad SMARTS) is 1. The summed E-state index contributed by atoms with van der Waals surface area (Å²) in [5.41, 5.74) is 0.0274. The van der Waals surface area contributed by atoms with Gasteiger partial charge < -0.3 is 20.1 Å². The van der Waals surface area contributed by atoms with Gasteiger partial charge in [-0.15, -0.1) is 0 Å². The number of hydrogen-bond donors (Lipinski definition) is 2. The van der Waals surface area contributed by atoms with E-state index < -0.39 is 5.97 Å². The topological polar surface area (TPSA) is 61.8 Å². The molecule has 5 rings (SSSR count). The van der Waals surface area contributed by atoms with Crippen molar-refractivity contribution in [1.29, 1.82) is 0 Å². The number of carbonyl (C=O) groups is 1. The lowest BCUT2D eigenvalue weighted by molar-refractivity contribution is -0.148. The fourth-order valence-electron chi connectivity index (χ4n) is 6.31. The minimum atomic E-state index is -0.543.